The van der Waals surface area contributed by atoms with Gasteiger partial charge in [-0.3, -0.25) is 0 Å². The third-order valence-electron chi connectivity index (χ3n) is 0.566. The average Bonchev–Trinajstić information content (AvgIpc) is 1.30. The van der Waals surface area contributed by atoms with E-state index in [9.17, 15) is 0 Å². The quantitative estimate of drug-likeness (QED) is 0.622. The van der Waals surface area contributed by atoms with E-state index >= 15 is 0 Å². The Morgan fingerprint density at radius 2 is 1.88 bits per heavy atom. The summed E-state index contributed by atoms with van der Waals surface area (Å²) in [4.78, 5) is 0. The van der Waals surface area contributed by atoms with Crippen LogP contribution in [0.3, 0.4) is 0 Å². The molecular formula is C5H13N2V-. The first-order valence-corrected chi connectivity index (χ1v) is 2.41. The molecule has 0 aliphatic heterocycles. The van der Waals surface area contributed by atoms with E-state index in [-0.39, 0.29) is 24.1 Å². The van der Waals surface area contributed by atoms with Crippen LogP contribution in [0.4, 0.5) is 0 Å². The van der Waals surface area contributed by atoms with Crippen molar-refractivity contribution in [2.45, 2.75) is 19.4 Å². The minimum atomic E-state index is -0.116. The predicted octanol–water partition coefficient (Wildman–Crippen LogP) is 0.725. The van der Waals surface area contributed by atoms with E-state index in [2.05, 4.69) is 5.32 Å². The third-order valence-corrected chi connectivity index (χ3v) is 0.566. The number of nitrogens with two attached hydrogens (primary N) is 1. The topological polar surface area (TPSA) is 40.1 Å². The Morgan fingerprint density at radius 1 is 1.50 bits per heavy atom. The van der Waals surface area contributed by atoms with Crippen molar-refractivity contribution in [2.24, 2.45) is 5.73 Å². The van der Waals surface area contributed by atoms with Gasteiger partial charge < -0.3 is 11.1 Å². The van der Waals surface area contributed by atoms with Gasteiger partial charge in [0.25, 0.3) is 0 Å². The van der Waals surface area contributed by atoms with Gasteiger partial charge in [-0.15, -0.1) is 6.54 Å². The van der Waals surface area contributed by atoms with Crippen molar-refractivity contribution in [3.05, 3.63) is 5.32 Å². The van der Waals surface area contributed by atoms with Gasteiger partial charge in [-0.25, -0.2) is 0 Å². The Hall–Kier alpha value is 0.504. The molecule has 2 nitrogen and oxygen atoms in total. The summed E-state index contributed by atoms with van der Waals surface area (Å²) in [6.45, 7) is 4.66. The summed E-state index contributed by atoms with van der Waals surface area (Å²) < 4.78 is 0. The second-order valence-corrected chi connectivity index (χ2v) is 2.46. The van der Waals surface area contributed by atoms with E-state index in [0.29, 0.717) is 0 Å². The fourth-order valence-electron chi connectivity index (χ4n) is 0.408. The van der Waals surface area contributed by atoms with Gasteiger partial charge in [-0.05, 0) is 19.4 Å². The van der Waals surface area contributed by atoms with E-state index in [1.807, 2.05) is 13.8 Å². The molecule has 0 amide bonds. The van der Waals surface area contributed by atoms with Crippen LogP contribution in [0, 0.1) is 0 Å². The molecule has 0 heterocycles. The molecule has 0 spiro atoms. The molecule has 0 atom stereocenters. The zero-order chi connectivity index (χ0) is 5.91. The maximum absolute atomic E-state index is 5.55. The van der Waals surface area contributed by atoms with Crippen molar-refractivity contribution in [3.63, 3.8) is 0 Å². The van der Waals surface area contributed by atoms with Crippen LogP contribution in [0.25, 0.3) is 5.32 Å². The molecule has 0 saturated heterocycles. The van der Waals surface area contributed by atoms with Gasteiger partial charge in [0, 0.05) is 18.6 Å². The average molecular weight is 152 g/mol. The largest absolute Gasteiger partial charge is 0.664 e. The Bertz CT molecular complexity index is 48.9. The van der Waals surface area contributed by atoms with Crippen LogP contribution < -0.4 is 5.73 Å². The Balaban J connectivity index is 0. The molecule has 49 valence electrons. The first kappa shape index (κ1) is 11.3. The number of hydrogen-bond acceptors (Lipinski definition) is 1. The molecule has 0 aromatic carbocycles. The summed E-state index contributed by atoms with van der Waals surface area (Å²) in [5.74, 6) is 0. The Morgan fingerprint density at radius 3 is 1.88 bits per heavy atom. The van der Waals surface area contributed by atoms with Gasteiger partial charge >= 0.3 is 0 Å². The molecule has 0 fully saturated rings. The maximum Gasteiger partial charge on any atom is 0 e. The SMILES string of the molecule is C[N-]CC(C)(C)N.[V]. The molecule has 1 radical (unpaired) electrons. The maximum atomic E-state index is 5.55. The van der Waals surface area contributed by atoms with Crippen molar-refractivity contribution in [1.82, 2.24) is 0 Å². The molecule has 8 heavy (non-hydrogen) atoms. The molecule has 0 bridgehead atoms. The molecule has 0 aliphatic carbocycles. The third kappa shape index (κ3) is 9.71. The van der Waals surface area contributed by atoms with Gasteiger partial charge in [0.05, 0.1) is 0 Å². The number of hydrogen-bond donors (Lipinski definition) is 1. The summed E-state index contributed by atoms with van der Waals surface area (Å²) in [6.07, 6.45) is 0. The van der Waals surface area contributed by atoms with Crippen LogP contribution in [-0.2, 0) is 18.6 Å². The van der Waals surface area contributed by atoms with Gasteiger partial charge in [0.1, 0.15) is 0 Å². The van der Waals surface area contributed by atoms with Crippen LogP contribution in [0.1, 0.15) is 13.8 Å². The van der Waals surface area contributed by atoms with Crippen molar-refractivity contribution >= 4 is 0 Å². The van der Waals surface area contributed by atoms with Gasteiger partial charge in [0.2, 0.25) is 0 Å². The molecule has 0 aliphatic rings. The first-order valence-electron chi connectivity index (χ1n) is 2.41. The van der Waals surface area contributed by atoms with Gasteiger partial charge in [0.15, 0.2) is 0 Å². The van der Waals surface area contributed by atoms with Crippen LogP contribution >= 0.6 is 0 Å². The summed E-state index contributed by atoms with van der Waals surface area (Å²) in [5.41, 5.74) is 5.44. The standard InChI is InChI=1S/C5H13N2.V/c1-5(2,6)4-7-3;/h4,6H2,1-3H3;/q-1;. The van der Waals surface area contributed by atoms with E-state index in [4.69, 9.17) is 5.73 Å². The molecule has 0 unspecified atom stereocenters. The monoisotopic (exact) mass is 152 g/mol. The molecule has 3 heteroatoms. The molecule has 2 N–H and O–H groups in total. The van der Waals surface area contributed by atoms with Crippen molar-refractivity contribution in [2.75, 3.05) is 13.6 Å². The molecule has 0 aromatic rings. The summed E-state index contributed by atoms with van der Waals surface area (Å²) >= 11 is 0. The van der Waals surface area contributed by atoms with E-state index in [1.54, 1.807) is 7.05 Å². The number of rotatable bonds is 2. The molecule has 0 aromatic heterocycles. The first-order chi connectivity index (χ1) is 3.06. The van der Waals surface area contributed by atoms with E-state index in [0.717, 1.165) is 6.54 Å². The van der Waals surface area contributed by atoms with Crippen molar-refractivity contribution in [1.29, 1.82) is 0 Å². The minimum Gasteiger partial charge on any atom is -0.664 e. The van der Waals surface area contributed by atoms with Crippen LogP contribution in [0.5, 0.6) is 0 Å². The minimum absolute atomic E-state index is 0. The Kier molecular flexibility index (Phi) is 6.21. The smallest absolute Gasteiger partial charge is 0 e. The fourth-order valence-corrected chi connectivity index (χ4v) is 0.408. The zero-order valence-corrected chi connectivity index (χ0v) is 7.08. The number of likely N-dealkylation sites (N-methyl/N-ethyl adjacent to an activating group) is 1. The fraction of sp³-hybridized carbons (Fsp3) is 1.00. The van der Waals surface area contributed by atoms with E-state index in [1.165, 1.54) is 0 Å². The second kappa shape index (κ2) is 4.39. The molecule has 0 rings (SSSR count). The van der Waals surface area contributed by atoms with Crippen LogP contribution in [0.2, 0.25) is 0 Å². The summed E-state index contributed by atoms with van der Waals surface area (Å²) in [7, 11) is 1.77. The predicted molar refractivity (Wildman–Crippen MR) is 32.4 cm³/mol. The van der Waals surface area contributed by atoms with Crippen LogP contribution in [0.15, 0.2) is 0 Å². The Labute approximate surface area is 63.1 Å². The van der Waals surface area contributed by atoms with Crippen LogP contribution in [-0.4, -0.2) is 19.1 Å². The normalized spacial score (nSPS) is 10.5. The molecular weight excluding hydrogens is 139 g/mol. The van der Waals surface area contributed by atoms with Gasteiger partial charge in [-0.1, -0.05) is 0 Å². The summed E-state index contributed by atoms with van der Waals surface area (Å²) in [6, 6.07) is 0. The molecule has 0 saturated carbocycles. The summed E-state index contributed by atoms with van der Waals surface area (Å²) in [5, 5.41) is 3.88. The van der Waals surface area contributed by atoms with E-state index < -0.39 is 0 Å². The second-order valence-electron chi connectivity index (χ2n) is 2.46. The number of nitrogens with zero attached hydrogens (tertiary/aromatic N) is 1. The zero-order valence-electron chi connectivity index (χ0n) is 5.68. The van der Waals surface area contributed by atoms with Crippen molar-refractivity contribution in [3.8, 4) is 0 Å². The van der Waals surface area contributed by atoms with Crippen molar-refractivity contribution < 1.29 is 18.6 Å². The van der Waals surface area contributed by atoms with Gasteiger partial charge in [-0.2, -0.15) is 7.05 Å².